The highest BCUT2D eigenvalue weighted by Gasteiger charge is 2.13. The standard InChI is InChI=1S/C15H9Cl3N4O/c16-9-1-4-11(5-2-9)22-8-19-14(21-22)15(23)20-10-3-6-12(17)13(18)7-10/h1-8H,(H,20,23). The van der Waals surface area contributed by atoms with Crippen molar-refractivity contribution in [1.29, 1.82) is 0 Å². The Morgan fingerprint density at radius 3 is 2.43 bits per heavy atom. The molecule has 0 aliphatic carbocycles. The number of nitrogens with one attached hydrogen (secondary N) is 1. The Kier molecular flexibility index (Phi) is 4.52. The lowest BCUT2D eigenvalue weighted by atomic mass is 10.3. The van der Waals surface area contributed by atoms with Gasteiger partial charge in [-0.2, -0.15) is 0 Å². The second kappa shape index (κ2) is 6.58. The van der Waals surface area contributed by atoms with Crippen LogP contribution in [0.15, 0.2) is 48.8 Å². The van der Waals surface area contributed by atoms with E-state index in [2.05, 4.69) is 15.4 Å². The summed E-state index contributed by atoms with van der Waals surface area (Å²) in [6.45, 7) is 0. The van der Waals surface area contributed by atoms with Gasteiger partial charge in [0, 0.05) is 10.7 Å². The van der Waals surface area contributed by atoms with Gasteiger partial charge in [0.25, 0.3) is 5.91 Å². The molecule has 0 atom stereocenters. The molecule has 0 aliphatic heterocycles. The monoisotopic (exact) mass is 366 g/mol. The van der Waals surface area contributed by atoms with E-state index in [1.54, 1.807) is 42.5 Å². The maximum absolute atomic E-state index is 12.2. The third-order valence-corrected chi connectivity index (χ3v) is 3.95. The summed E-state index contributed by atoms with van der Waals surface area (Å²) >= 11 is 17.6. The second-order valence-electron chi connectivity index (χ2n) is 4.57. The van der Waals surface area contributed by atoms with E-state index in [4.69, 9.17) is 34.8 Å². The fourth-order valence-electron chi connectivity index (χ4n) is 1.85. The summed E-state index contributed by atoms with van der Waals surface area (Å²) < 4.78 is 1.49. The molecule has 0 bridgehead atoms. The molecule has 116 valence electrons. The summed E-state index contributed by atoms with van der Waals surface area (Å²) in [5.41, 5.74) is 1.25. The molecule has 1 aromatic heterocycles. The van der Waals surface area contributed by atoms with E-state index in [1.165, 1.54) is 11.0 Å². The Bertz CT molecular complexity index is 861. The maximum atomic E-state index is 12.2. The molecule has 2 aromatic carbocycles. The molecule has 0 spiro atoms. The molecule has 1 N–H and O–H groups in total. The number of halogens is 3. The molecule has 0 unspecified atom stereocenters. The quantitative estimate of drug-likeness (QED) is 0.742. The normalized spacial score (nSPS) is 10.6. The molecule has 3 aromatic rings. The first-order chi connectivity index (χ1) is 11.0. The number of nitrogens with zero attached hydrogens (tertiary/aromatic N) is 3. The number of anilines is 1. The number of carbonyl (C=O) groups is 1. The summed E-state index contributed by atoms with van der Waals surface area (Å²) in [5, 5.41) is 8.18. The number of hydrogen-bond donors (Lipinski definition) is 1. The molecule has 0 fully saturated rings. The zero-order valence-electron chi connectivity index (χ0n) is 11.5. The van der Waals surface area contributed by atoms with Crippen LogP contribution >= 0.6 is 34.8 Å². The summed E-state index contributed by atoms with van der Waals surface area (Å²) in [6, 6.07) is 11.8. The third-order valence-electron chi connectivity index (χ3n) is 2.96. The van der Waals surface area contributed by atoms with E-state index in [1.807, 2.05) is 0 Å². The smallest absolute Gasteiger partial charge is 0.295 e. The average molecular weight is 368 g/mol. The highest BCUT2D eigenvalue weighted by molar-refractivity contribution is 6.42. The third kappa shape index (κ3) is 3.64. The molecule has 0 saturated carbocycles. The van der Waals surface area contributed by atoms with Crippen molar-refractivity contribution in [3.8, 4) is 5.69 Å². The molecule has 0 radical (unpaired) electrons. The van der Waals surface area contributed by atoms with E-state index < -0.39 is 5.91 Å². The number of hydrogen-bond acceptors (Lipinski definition) is 3. The van der Waals surface area contributed by atoms with Gasteiger partial charge in [-0.25, -0.2) is 9.67 Å². The lowest BCUT2D eigenvalue weighted by Crippen LogP contribution is -2.14. The number of carbonyl (C=O) groups excluding carboxylic acids is 1. The predicted octanol–water partition coefficient (Wildman–Crippen LogP) is 4.48. The number of aromatic nitrogens is 3. The van der Waals surface area contributed by atoms with Crippen LogP contribution in [-0.2, 0) is 0 Å². The van der Waals surface area contributed by atoms with Gasteiger partial charge in [0.05, 0.1) is 15.7 Å². The highest BCUT2D eigenvalue weighted by Crippen LogP contribution is 2.25. The molecule has 0 aliphatic rings. The number of amides is 1. The van der Waals surface area contributed by atoms with Crippen molar-refractivity contribution >= 4 is 46.4 Å². The Labute approximate surface area is 146 Å². The maximum Gasteiger partial charge on any atom is 0.295 e. The Morgan fingerprint density at radius 1 is 1.00 bits per heavy atom. The lowest BCUT2D eigenvalue weighted by Gasteiger charge is -2.04. The van der Waals surface area contributed by atoms with Crippen molar-refractivity contribution in [3.05, 3.63) is 69.7 Å². The Balaban J connectivity index is 1.78. The van der Waals surface area contributed by atoms with Crippen LogP contribution < -0.4 is 5.32 Å². The minimum atomic E-state index is -0.448. The van der Waals surface area contributed by atoms with E-state index in [0.717, 1.165) is 5.69 Å². The SMILES string of the molecule is O=C(Nc1ccc(Cl)c(Cl)c1)c1ncn(-c2ccc(Cl)cc2)n1. The van der Waals surface area contributed by atoms with E-state index in [9.17, 15) is 4.79 Å². The Hall–Kier alpha value is -2.08. The first-order valence-electron chi connectivity index (χ1n) is 6.47. The number of rotatable bonds is 3. The first-order valence-corrected chi connectivity index (χ1v) is 7.60. The van der Waals surface area contributed by atoms with Crippen LogP contribution in [0.5, 0.6) is 0 Å². The molecular weight excluding hydrogens is 359 g/mol. The van der Waals surface area contributed by atoms with Crippen LogP contribution in [0.3, 0.4) is 0 Å². The van der Waals surface area contributed by atoms with Crippen molar-refractivity contribution < 1.29 is 4.79 Å². The minimum absolute atomic E-state index is 0.0334. The van der Waals surface area contributed by atoms with E-state index in [-0.39, 0.29) is 5.82 Å². The van der Waals surface area contributed by atoms with Crippen molar-refractivity contribution in [1.82, 2.24) is 14.8 Å². The van der Waals surface area contributed by atoms with Crippen LogP contribution in [0.1, 0.15) is 10.6 Å². The van der Waals surface area contributed by atoms with Gasteiger partial charge in [0.15, 0.2) is 0 Å². The molecule has 3 rings (SSSR count). The van der Waals surface area contributed by atoms with Gasteiger partial charge < -0.3 is 5.32 Å². The zero-order valence-corrected chi connectivity index (χ0v) is 13.8. The van der Waals surface area contributed by atoms with Crippen molar-refractivity contribution in [2.45, 2.75) is 0 Å². The largest absolute Gasteiger partial charge is 0.319 e. The molecular formula is C15H9Cl3N4O. The van der Waals surface area contributed by atoms with Crippen LogP contribution in [-0.4, -0.2) is 20.7 Å². The van der Waals surface area contributed by atoms with Crippen LogP contribution in [0.25, 0.3) is 5.69 Å². The van der Waals surface area contributed by atoms with Gasteiger partial charge in [-0.3, -0.25) is 4.79 Å². The topological polar surface area (TPSA) is 59.8 Å². The minimum Gasteiger partial charge on any atom is -0.319 e. The van der Waals surface area contributed by atoms with Gasteiger partial charge >= 0.3 is 0 Å². The highest BCUT2D eigenvalue weighted by atomic mass is 35.5. The van der Waals surface area contributed by atoms with Crippen LogP contribution in [0.4, 0.5) is 5.69 Å². The molecule has 8 heteroatoms. The summed E-state index contributed by atoms with van der Waals surface area (Å²) in [7, 11) is 0. The van der Waals surface area contributed by atoms with Crippen LogP contribution in [0, 0.1) is 0 Å². The molecule has 5 nitrogen and oxygen atoms in total. The van der Waals surface area contributed by atoms with Gasteiger partial charge in [-0.1, -0.05) is 34.8 Å². The van der Waals surface area contributed by atoms with Gasteiger partial charge in [-0.15, -0.1) is 5.10 Å². The predicted molar refractivity (Wildman–Crippen MR) is 90.8 cm³/mol. The summed E-state index contributed by atoms with van der Waals surface area (Å²) in [5.74, 6) is -0.415. The fourth-order valence-corrected chi connectivity index (χ4v) is 2.27. The van der Waals surface area contributed by atoms with Crippen molar-refractivity contribution in [2.75, 3.05) is 5.32 Å². The molecule has 1 amide bonds. The summed E-state index contributed by atoms with van der Waals surface area (Å²) in [4.78, 5) is 16.2. The molecule has 0 saturated heterocycles. The van der Waals surface area contributed by atoms with Gasteiger partial charge in [-0.05, 0) is 42.5 Å². The average Bonchev–Trinajstić information content (AvgIpc) is 3.02. The van der Waals surface area contributed by atoms with Crippen molar-refractivity contribution in [3.63, 3.8) is 0 Å². The lowest BCUT2D eigenvalue weighted by molar-refractivity contribution is 0.101. The van der Waals surface area contributed by atoms with E-state index in [0.29, 0.717) is 20.8 Å². The van der Waals surface area contributed by atoms with Crippen molar-refractivity contribution in [2.24, 2.45) is 0 Å². The van der Waals surface area contributed by atoms with E-state index >= 15 is 0 Å². The Morgan fingerprint density at radius 2 is 1.74 bits per heavy atom. The molecule has 23 heavy (non-hydrogen) atoms. The second-order valence-corrected chi connectivity index (χ2v) is 5.82. The molecule has 1 heterocycles. The zero-order chi connectivity index (χ0) is 16.4. The van der Waals surface area contributed by atoms with Crippen LogP contribution in [0.2, 0.25) is 15.1 Å². The summed E-state index contributed by atoms with van der Waals surface area (Å²) in [6.07, 6.45) is 1.45. The fraction of sp³-hybridized carbons (Fsp3) is 0. The van der Waals surface area contributed by atoms with Gasteiger partial charge in [0.2, 0.25) is 5.82 Å². The first kappa shape index (κ1) is 15.8. The van der Waals surface area contributed by atoms with Gasteiger partial charge in [0.1, 0.15) is 6.33 Å². The number of benzene rings is 2.